The maximum absolute atomic E-state index is 11.3. The van der Waals surface area contributed by atoms with Gasteiger partial charge in [-0.2, -0.15) is 0 Å². The zero-order valence-corrected chi connectivity index (χ0v) is 12.6. The van der Waals surface area contributed by atoms with E-state index in [1.54, 1.807) is 25.3 Å². The highest BCUT2D eigenvalue weighted by molar-refractivity contribution is 5.68. The highest BCUT2D eigenvalue weighted by Gasteiger charge is 2.07. The highest BCUT2D eigenvalue weighted by atomic mass is 16.6. The van der Waals surface area contributed by atoms with Gasteiger partial charge < -0.3 is 10.1 Å². The summed E-state index contributed by atoms with van der Waals surface area (Å²) in [5, 5.41) is 21.5. The monoisotopic (exact) mass is 319 g/mol. The van der Waals surface area contributed by atoms with Gasteiger partial charge in [-0.1, -0.05) is 17.3 Å². The van der Waals surface area contributed by atoms with Gasteiger partial charge in [-0.3, -0.25) is 14.9 Å². The quantitative estimate of drug-likeness (QED) is 0.439. The third-order valence-corrected chi connectivity index (χ3v) is 2.96. The van der Waals surface area contributed by atoms with Gasteiger partial charge in [0.15, 0.2) is 0 Å². The summed E-state index contributed by atoms with van der Waals surface area (Å²) in [6.07, 6.45) is 1.67. The van der Waals surface area contributed by atoms with Crippen molar-refractivity contribution in [2.45, 2.75) is 26.6 Å². The minimum atomic E-state index is -0.431. The van der Waals surface area contributed by atoms with Crippen molar-refractivity contribution in [3.05, 3.63) is 51.8 Å². The summed E-state index contributed by atoms with van der Waals surface area (Å²) in [6.45, 7) is 3.12. The number of carbonyl (C=O) groups excluding carboxylic acids is 1. The van der Waals surface area contributed by atoms with Gasteiger partial charge in [0.2, 0.25) is 0 Å². The second-order valence-corrected chi connectivity index (χ2v) is 4.74. The van der Waals surface area contributed by atoms with Crippen LogP contribution >= 0.6 is 0 Å². The zero-order valence-electron chi connectivity index (χ0n) is 12.6. The van der Waals surface area contributed by atoms with Crippen LogP contribution in [0.2, 0.25) is 0 Å². The average Bonchev–Trinajstić information content (AvgIpc) is 2.95. The lowest BCUT2D eigenvalue weighted by molar-refractivity contribution is -0.384. The van der Waals surface area contributed by atoms with Crippen LogP contribution in [0, 0.1) is 10.1 Å². The number of carbonyl (C=O) groups is 1. The Labute approximate surface area is 132 Å². The fourth-order valence-corrected chi connectivity index (χ4v) is 1.91. The van der Waals surface area contributed by atoms with Crippen LogP contribution < -0.4 is 5.32 Å². The van der Waals surface area contributed by atoms with E-state index in [2.05, 4.69) is 15.6 Å². The Morgan fingerprint density at radius 3 is 2.74 bits per heavy atom. The molecule has 0 bridgehead atoms. The number of non-ortho nitro benzene ring substituents is 1. The predicted octanol–water partition coefficient (Wildman–Crippen LogP) is 1.04. The molecule has 2 rings (SSSR count). The van der Waals surface area contributed by atoms with Gasteiger partial charge in [-0.05, 0) is 12.5 Å². The highest BCUT2D eigenvalue weighted by Crippen LogP contribution is 2.11. The number of rotatable bonds is 8. The molecule has 1 heterocycles. The van der Waals surface area contributed by atoms with E-state index in [4.69, 9.17) is 4.74 Å². The second-order valence-electron chi connectivity index (χ2n) is 4.74. The number of nitrogens with one attached hydrogen (secondary N) is 1. The smallest absolute Gasteiger partial charge is 0.327 e. The number of benzene rings is 1. The molecule has 0 amide bonds. The lowest BCUT2D eigenvalue weighted by Gasteiger charge is -2.02. The summed E-state index contributed by atoms with van der Waals surface area (Å²) in [5.41, 5.74) is 1.68. The molecule has 0 fully saturated rings. The maximum Gasteiger partial charge on any atom is 0.327 e. The molecule has 9 nitrogen and oxygen atoms in total. The average molecular weight is 319 g/mol. The molecule has 1 aromatic heterocycles. The maximum atomic E-state index is 11.3. The Bertz CT molecular complexity index is 668. The van der Waals surface area contributed by atoms with E-state index in [9.17, 15) is 14.9 Å². The third-order valence-electron chi connectivity index (χ3n) is 2.96. The van der Waals surface area contributed by atoms with Crippen LogP contribution in [-0.4, -0.2) is 32.5 Å². The Hall–Kier alpha value is -2.81. The van der Waals surface area contributed by atoms with Gasteiger partial charge in [0, 0.05) is 25.2 Å². The van der Waals surface area contributed by atoms with Crippen LogP contribution in [0.15, 0.2) is 30.5 Å². The van der Waals surface area contributed by atoms with Crippen molar-refractivity contribution in [2.75, 3.05) is 6.61 Å². The lowest BCUT2D eigenvalue weighted by Crippen LogP contribution is -2.14. The van der Waals surface area contributed by atoms with Crippen molar-refractivity contribution >= 4 is 11.7 Å². The van der Waals surface area contributed by atoms with Gasteiger partial charge in [0.05, 0.1) is 23.4 Å². The molecule has 0 unspecified atom stereocenters. The minimum absolute atomic E-state index is 0.0309. The van der Waals surface area contributed by atoms with Crippen molar-refractivity contribution in [3.8, 4) is 0 Å². The molecule has 0 spiro atoms. The molecule has 0 aliphatic carbocycles. The normalized spacial score (nSPS) is 10.5. The van der Waals surface area contributed by atoms with Gasteiger partial charge in [-0.15, -0.1) is 5.10 Å². The predicted molar refractivity (Wildman–Crippen MR) is 80.3 cm³/mol. The summed E-state index contributed by atoms with van der Waals surface area (Å²) in [5.74, 6) is -0.359. The Balaban J connectivity index is 1.79. The third kappa shape index (κ3) is 5.15. The molecule has 0 saturated carbocycles. The van der Waals surface area contributed by atoms with Gasteiger partial charge in [-0.25, -0.2) is 4.68 Å². The first-order valence-corrected chi connectivity index (χ1v) is 7.07. The van der Waals surface area contributed by atoms with E-state index >= 15 is 0 Å². The number of hydrogen-bond acceptors (Lipinski definition) is 7. The Morgan fingerprint density at radius 1 is 1.35 bits per heavy atom. The molecule has 2 aromatic rings. The molecule has 0 aliphatic heterocycles. The molecule has 0 radical (unpaired) electrons. The molecule has 0 saturated heterocycles. The Kier molecular flexibility index (Phi) is 5.75. The molecule has 1 N–H and O–H groups in total. The Morgan fingerprint density at radius 2 is 2.09 bits per heavy atom. The number of hydrogen-bond donors (Lipinski definition) is 1. The summed E-state index contributed by atoms with van der Waals surface area (Å²) in [7, 11) is 0. The van der Waals surface area contributed by atoms with E-state index in [-0.39, 0.29) is 18.2 Å². The van der Waals surface area contributed by atoms with Crippen molar-refractivity contribution in [3.63, 3.8) is 0 Å². The van der Waals surface area contributed by atoms with Crippen LogP contribution in [0.5, 0.6) is 0 Å². The largest absolute Gasteiger partial charge is 0.465 e. The fraction of sp³-hybridized carbons (Fsp3) is 0.357. The fourth-order valence-electron chi connectivity index (χ4n) is 1.91. The number of esters is 1. The summed E-state index contributed by atoms with van der Waals surface area (Å²) >= 11 is 0. The molecule has 1 aromatic carbocycles. The first-order chi connectivity index (χ1) is 11.1. The van der Waals surface area contributed by atoms with Gasteiger partial charge in [0.1, 0.15) is 6.54 Å². The number of nitro groups is 1. The summed E-state index contributed by atoms with van der Waals surface area (Å²) in [6, 6.07) is 6.32. The molecule has 0 aliphatic rings. The van der Waals surface area contributed by atoms with E-state index < -0.39 is 4.92 Å². The van der Waals surface area contributed by atoms with Crippen molar-refractivity contribution < 1.29 is 14.5 Å². The molecular formula is C14H17N5O4. The summed E-state index contributed by atoms with van der Waals surface area (Å²) in [4.78, 5) is 21.5. The van der Waals surface area contributed by atoms with Crippen molar-refractivity contribution in [1.82, 2.24) is 20.3 Å². The zero-order chi connectivity index (χ0) is 16.7. The first-order valence-electron chi connectivity index (χ1n) is 7.07. The number of ether oxygens (including phenoxy) is 1. The standard InChI is InChI=1S/C14H17N5O4/c1-2-23-14(20)10-18-9-12(16-17-18)8-15-7-11-3-5-13(6-4-11)19(21)22/h3-6,9,15H,2,7-8,10H2,1H3. The van der Waals surface area contributed by atoms with Crippen molar-refractivity contribution in [2.24, 2.45) is 0 Å². The molecule has 122 valence electrons. The van der Waals surface area contributed by atoms with E-state index in [0.29, 0.717) is 25.4 Å². The SMILES string of the molecule is CCOC(=O)Cn1cc(CNCc2ccc([N+](=O)[O-])cc2)nn1. The van der Waals surface area contributed by atoms with E-state index in [0.717, 1.165) is 5.56 Å². The molecule has 9 heteroatoms. The van der Waals surface area contributed by atoms with Crippen LogP contribution in [0.4, 0.5) is 5.69 Å². The minimum Gasteiger partial charge on any atom is -0.465 e. The van der Waals surface area contributed by atoms with Crippen LogP contribution in [0.1, 0.15) is 18.2 Å². The molecule has 0 atom stereocenters. The van der Waals surface area contributed by atoms with Crippen LogP contribution in [0.25, 0.3) is 0 Å². The van der Waals surface area contributed by atoms with E-state index in [1.807, 2.05) is 0 Å². The number of nitrogens with zero attached hydrogens (tertiary/aromatic N) is 4. The van der Waals surface area contributed by atoms with Crippen LogP contribution in [-0.2, 0) is 29.2 Å². The topological polar surface area (TPSA) is 112 Å². The lowest BCUT2D eigenvalue weighted by atomic mass is 10.2. The number of nitro benzene ring substituents is 1. The van der Waals surface area contributed by atoms with Crippen LogP contribution in [0.3, 0.4) is 0 Å². The number of aromatic nitrogens is 3. The van der Waals surface area contributed by atoms with Gasteiger partial charge >= 0.3 is 5.97 Å². The van der Waals surface area contributed by atoms with Crippen molar-refractivity contribution in [1.29, 1.82) is 0 Å². The second kappa shape index (κ2) is 7.99. The molecule has 23 heavy (non-hydrogen) atoms. The first kappa shape index (κ1) is 16.6. The summed E-state index contributed by atoms with van der Waals surface area (Å²) < 4.78 is 6.25. The van der Waals surface area contributed by atoms with Gasteiger partial charge in [0.25, 0.3) is 5.69 Å². The molecular weight excluding hydrogens is 302 g/mol. The van der Waals surface area contributed by atoms with E-state index in [1.165, 1.54) is 16.8 Å².